The third kappa shape index (κ3) is 3.53. The second-order valence-electron chi connectivity index (χ2n) is 2.75. The van der Waals surface area contributed by atoms with Gasteiger partial charge < -0.3 is 10.1 Å². The topological polar surface area (TPSA) is 21.3 Å². The minimum atomic E-state index is 0.342. The predicted molar refractivity (Wildman–Crippen MR) is 65.3 cm³/mol. The van der Waals surface area contributed by atoms with Crippen molar-refractivity contribution in [1.29, 1.82) is 0 Å². The fourth-order valence-corrected chi connectivity index (χ4v) is 2.62. The maximum Gasteiger partial charge on any atom is 0.0657 e. The average molecular weight is 311 g/mol. The molecule has 0 radical (unpaired) electrons. The number of ether oxygens (including phenoxy) is 1. The Bertz CT molecular complexity index is 246. The summed E-state index contributed by atoms with van der Waals surface area (Å²) in [5.41, 5.74) is 1.33. The van der Waals surface area contributed by atoms with Crippen molar-refractivity contribution in [2.24, 2.45) is 0 Å². The molecule has 1 N–H and O–H groups in total. The quantitative estimate of drug-likeness (QED) is 0.844. The molecule has 4 heteroatoms. The van der Waals surface area contributed by atoms with E-state index in [-0.39, 0.29) is 0 Å². The highest BCUT2D eigenvalue weighted by Gasteiger charge is 2.10. The lowest BCUT2D eigenvalue weighted by molar-refractivity contribution is 0.168. The Labute approximate surface area is 96.8 Å². The second kappa shape index (κ2) is 5.95. The Kier molecular flexibility index (Phi) is 5.23. The van der Waals surface area contributed by atoms with Crippen molar-refractivity contribution in [3.63, 3.8) is 0 Å². The lowest BCUT2D eigenvalue weighted by Gasteiger charge is -2.15. The number of methoxy groups -OCH3 is 1. The van der Waals surface area contributed by atoms with E-state index < -0.39 is 0 Å². The molecule has 0 bridgehead atoms. The van der Waals surface area contributed by atoms with Gasteiger partial charge in [0.05, 0.1) is 15.5 Å². The Morgan fingerprint density at radius 3 is 2.92 bits per heavy atom. The highest BCUT2D eigenvalue weighted by atomic mass is 127. The molecule has 1 aromatic heterocycles. The molecule has 1 rings (SSSR count). The molecule has 1 aromatic rings. The molecule has 1 heterocycles. The van der Waals surface area contributed by atoms with Gasteiger partial charge in [-0.25, -0.2) is 0 Å². The number of hydrogen-bond acceptors (Lipinski definition) is 3. The number of hydrogen-bond donors (Lipinski definition) is 1. The Morgan fingerprint density at radius 1 is 1.69 bits per heavy atom. The van der Waals surface area contributed by atoms with Gasteiger partial charge in [-0.1, -0.05) is 6.92 Å². The molecule has 0 saturated heterocycles. The van der Waals surface area contributed by atoms with Crippen molar-refractivity contribution in [2.75, 3.05) is 20.3 Å². The van der Waals surface area contributed by atoms with Crippen molar-refractivity contribution in [2.45, 2.75) is 13.0 Å². The van der Waals surface area contributed by atoms with Gasteiger partial charge in [-0.05, 0) is 46.1 Å². The van der Waals surface area contributed by atoms with Crippen LogP contribution in [-0.4, -0.2) is 20.3 Å². The maximum atomic E-state index is 5.16. The number of nitrogens with one attached hydrogen (secondary N) is 1. The largest absolute Gasteiger partial charge is 0.383 e. The Morgan fingerprint density at radius 2 is 2.46 bits per heavy atom. The van der Waals surface area contributed by atoms with Crippen LogP contribution >= 0.6 is 33.9 Å². The number of rotatable bonds is 5. The summed E-state index contributed by atoms with van der Waals surface area (Å²) in [6, 6.07) is 2.55. The first-order valence-electron chi connectivity index (χ1n) is 4.24. The van der Waals surface area contributed by atoms with Gasteiger partial charge in [0, 0.05) is 7.11 Å². The second-order valence-corrected chi connectivity index (χ2v) is 5.56. The van der Waals surface area contributed by atoms with Gasteiger partial charge in [-0.15, -0.1) is 11.3 Å². The summed E-state index contributed by atoms with van der Waals surface area (Å²) in [4.78, 5) is 0. The van der Waals surface area contributed by atoms with Crippen LogP contribution in [0.4, 0.5) is 0 Å². The molecule has 0 aromatic carbocycles. The molecule has 13 heavy (non-hydrogen) atoms. The van der Waals surface area contributed by atoms with E-state index in [9.17, 15) is 0 Å². The standard InChI is InChI=1S/C9H14INOS/c1-3-11-8(5-12-2)7-4-9(10)13-6-7/h4,6,8,11H,3,5H2,1-2H3. The normalized spacial score (nSPS) is 13.2. The molecule has 1 atom stereocenters. The van der Waals surface area contributed by atoms with Crippen LogP contribution in [0.15, 0.2) is 11.4 Å². The smallest absolute Gasteiger partial charge is 0.0657 e. The van der Waals surface area contributed by atoms with E-state index in [1.54, 1.807) is 18.4 Å². The summed E-state index contributed by atoms with van der Waals surface area (Å²) in [6.07, 6.45) is 0. The lowest BCUT2D eigenvalue weighted by atomic mass is 10.1. The van der Waals surface area contributed by atoms with E-state index in [4.69, 9.17) is 4.74 Å². The van der Waals surface area contributed by atoms with Crippen LogP contribution < -0.4 is 5.32 Å². The zero-order valence-electron chi connectivity index (χ0n) is 7.84. The molecule has 1 unspecified atom stereocenters. The van der Waals surface area contributed by atoms with Crippen LogP contribution in [0.3, 0.4) is 0 Å². The molecule has 0 amide bonds. The van der Waals surface area contributed by atoms with Crippen molar-refractivity contribution < 1.29 is 4.74 Å². The van der Waals surface area contributed by atoms with Gasteiger partial charge in [0.1, 0.15) is 0 Å². The maximum absolute atomic E-state index is 5.16. The summed E-state index contributed by atoms with van der Waals surface area (Å²) in [7, 11) is 1.74. The van der Waals surface area contributed by atoms with Crippen molar-refractivity contribution in [3.05, 3.63) is 19.9 Å². The molecule has 0 aliphatic heterocycles. The van der Waals surface area contributed by atoms with E-state index in [1.165, 1.54) is 8.45 Å². The zero-order chi connectivity index (χ0) is 9.68. The van der Waals surface area contributed by atoms with Crippen LogP contribution in [0.5, 0.6) is 0 Å². The molecular formula is C9H14INOS. The minimum Gasteiger partial charge on any atom is -0.383 e. The first-order chi connectivity index (χ1) is 6.27. The predicted octanol–water partition coefficient (Wildman–Crippen LogP) is 2.65. The Balaban J connectivity index is 2.63. The van der Waals surface area contributed by atoms with Gasteiger partial charge >= 0.3 is 0 Å². The van der Waals surface area contributed by atoms with Crippen molar-refractivity contribution in [3.8, 4) is 0 Å². The van der Waals surface area contributed by atoms with Crippen LogP contribution in [-0.2, 0) is 4.74 Å². The van der Waals surface area contributed by atoms with Gasteiger partial charge in [0.25, 0.3) is 0 Å². The fraction of sp³-hybridized carbons (Fsp3) is 0.556. The fourth-order valence-electron chi connectivity index (χ4n) is 1.19. The van der Waals surface area contributed by atoms with Crippen LogP contribution in [0.1, 0.15) is 18.5 Å². The molecule has 74 valence electrons. The summed E-state index contributed by atoms with van der Waals surface area (Å²) in [6.45, 7) is 3.82. The lowest BCUT2D eigenvalue weighted by Crippen LogP contribution is -2.24. The number of halogens is 1. The third-order valence-electron chi connectivity index (χ3n) is 1.77. The van der Waals surface area contributed by atoms with E-state index in [1.807, 2.05) is 0 Å². The van der Waals surface area contributed by atoms with E-state index in [2.05, 4.69) is 46.3 Å². The molecular weight excluding hydrogens is 297 g/mol. The summed E-state index contributed by atoms with van der Waals surface area (Å²) in [5, 5.41) is 5.58. The van der Waals surface area contributed by atoms with Gasteiger partial charge in [0.2, 0.25) is 0 Å². The molecule has 2 nitrogen and oxygen atoms in total. The third-order valence-corrected chi connectivity index (χ3v) is 3.58. The molecule has 0 fully saturated rings. The number of likely N-dealkylation sites (N-methyl/N-ethyl adjacent to an activating group) is 1. The van der Waals surface area contributed by atoms with Crippen molar-refractivity contribution >= 4 is 33.9 Å². The molecule has 0 aliphatic rings. The summed E-state index contributed by atoms with van der Waals surface area (Å²) < 4.78 is 6.49. The van der Waals surface area contributed by atoms with Gasteiger partial charge in [-0.3, -0.25) is 0 Å². The molecule has 0 spiro atoms. The van der Waals surface area contributed by atoms with E-state index >= 15 is 0 Å². The first kappa shape index (κ1) is 11.4. The number of thiophene rings is 1. The Hall–Kier alpha value is 0.350. The van der Waals surface area contributed by atoms with E-state index in [0.29, 0.717) is 6.04 Å². The van der Waals surface area contributed by atoms with E-state index in [0.717, 1.165) is 13.2 Å². The van der Waals surface area contributed by atoms with Crippen LogP contribution in [0, 0.1) is 2.88 Å². The first-order valence-corrected chi connectivity index (χ1v) is 6.20. The highest BCUT2D eigenvalue weighted by Crippen LogP contribution is 2.22. The minimum absolute atomic E-state index is 0.342. The van der Waals surface area contributed by atoms with Gasteiger partial charge in [-0.2, -0.15) is 0 Å². The summed E-state index contributed by atoms with van der Waals surface area (Å²) in [5.74, 6) is 0. The summed E-state index contributed by atoms with van der Waals surface area (Å²) >= 11 is 4.12. The molecule has 0 aliphatic carbocycles. The SMILES string of the molecule is CCNC(COC)c1csc(I)c1. The monoisotopic (exact) mass is 311 g/mol. The molecule has 0 saturated carbocycles. The van der Waals surface area contributed by atoms with Crippen molar-refractivity contribution in [1.82, 2.24) is 5.32 Å². The highest BCUT2D eigenvalue weighted by molar-refractivity contribution is 14.1. The van der Waals surface area contributed by atoms with Crippen LogP contribution in [0.25, 0.3) is 0 Å². The zero-order valence-corrected chi connectivity index (χ0v) is 10.8. The van der Waals surface area contributed by atoms with Gasteiger partial charge in [0.15, 0.2) is 0 Å². The average Bonchev–Trinajstić information content (AvgIpc) is 2.51. The van der Waals surface area contributed by atoms with Crippen LogP contribution in [0.2, 0.25) is 0 Å².